The van der Waals surface area contributed by atoms with E-state index in [0.717, 1.165) is 11.1 Å². The Labute approximate surface area is 121 Å². The fourth-order valence-corrected chi connectivity index (χ4v) is 1.96. The minimum absolute atomic E-state index is 0.0423. The van der Waals surface area contributed by atoms with Crippen LogP contribution in [-0.4, -0.2) is 12.0 Å². The molecule has 2 rings (SSSR count). The predicted molar refractivity (Wildman–Crippen MR) is 78.1 cm³/mol. The molecule has 0 atom stereocenters. The van der Waals surface area contributed by atoms with Gasteiger partial charge in [-0.2, -0.15) is 0 Å². The summed E-state index contributed by atoms with van der Waals surface area (Å²) in [6.45, 7) is 2.29. The molecule has 1 N–H and O–H groups in total. The minimum Gasteiger partial charge on any atom is -0.494 e. The standard InChI is InChI=1S/C15H15FN2O3/c1-10-3-4-12(16)7-11(10)9-17-14-6-5-13(18(19)20)8-15(14)21-2/h3-8,17H,9H2,1-2H3. The van der Waals surface area contributed by atoms with E-state index in [4.69, 9.17) is 4.74 Å². The highest BCUT2D eigenvalue weighted by Gasteiger charge is 2.11. The second kappa shape index (κ2) is 6.21. The van der Waals surface area contributed by atoms with Gasteiger partial charge in [-0.1, -0.05) is 6.07 Å². The number of halogens is 1. The van der Waals surface area contributed by atoms with Gasteiger partial charge in [-0.3, -0.25) is 10.1 Å². The highest BCUT2D eigenvalue weighted by atomic mass is 19.1. The molecule has 0 aromatic heterocycles. The number of non-ortho nitro benzene ring substituents is 1. The second-order valence-corrected chi connectivity index (χ2v) is 4.57. The summed E-state index contributed by atoms with van der Waals surface area (Å²) in [5.74, 6) is 0.0753. The Bertz CT molecular complexity index is 674. The van der Waals surface area contributed by atoms with Gasteiger partial charge in [0.2, 0.25) is 0 Å². The third kappa shape index (κ3) is 3.47. The van der Waals surface area contributed by atoms with E-state index in [1.54, 1.807) is 12.1 Å². The first kappa shape index (κ1) is 14.8. The van der Waals surface area contributed by atoms with Gasteiger partial charge in [-0.15, -0.1) is 0 Å². The lowest BCUT2D eigenvalue weighted by Gasteiger charge is -2.12. The molecule has 0 bridgehead atoms. The molecule has 0 unspecified atom stereocenters. The average Bonchev–Trinajstić information content (AvgIpc) is 2.47. The van der Waals surface area contributed by atoms with Crippen LogP contribution in [0.1, 0.15) is 11.1 Å². The van der Waals surface area contributed by atoms with E-state index in [-0.39, 0.29) is 11.5 Å². The monoisotopic (exact) mass is 290 g/mol. The lowest BCUT2D eigenvalue weighted by Crippen LogP contribution is -2.04. The number of nitro benzene ring substituents is 1. The molecule has 0 amide bonds. The van der Waals surface area contributed by atoms with Gasteiger partial charge in [0.15, 0.2) is 0 Å². The van der Waals surface area contributed by atoms with E-state index < -0.39 is 4.92 Å². The Morgan fingerprint density at radius 3 is 2.71 bits per heavy atom. The minimum atomic E-state index is -0.483. The smallest absolute Gasteiger partial charge is 0.273 e. The topological polar surface area (TPSA) is 64.4 Å². The summed E-state index contributed by atoms with van der Waals surface area (Å²) in [5.41, 5.74) is 2.35. The molecule has 0 aliphatic rings. The van der Waals surface area contributed by atoms with Crippen LogP contribution in [0.15, 0.2) is 36.4 Å². The summed E-state index contributed by atoms with van der Waals surface area (Å²) in [4.78, 5) is 10.2. The van der Waals surface area contributed by atoms with Crippen LogP contribution in [0.4, 0.5) is 15.8 Å². The molecule has 0 aliphatic heterocycles. The predicted octanol–water partition coefficient (Wildman–Crippen LogP) is 3.66. The summed E-state index contributed by atoms with van der Waals surface area (Å²) >= 11 is 0. The summed E-state index contributed by atoms with van der Waals surface area (Å²) in [6.07, 6.45) is 0. The first-order valence-electron chi connectivity index (χ1n) is 6.32. The van der Waals surface area contributed by atoms with Gasteiger partial charge in [0.1, 0.15) is 11.6 Å². The van der Waals surface area contributed by atoms with Crippen molar-refractivity contribution in [3.05, 3.63) is 63.5 Å². The van der Waals surface area contributed by atoms with E-state index in [2.05, 4.69) is 5.32 Å². The molecular formula is C15H15FN2O3. The zero-order valence-corrected chi connectivity index (χ0v) is 11.7. The van der Waals surface area contributed by atoms with Crippen molar-refractivity contribution >= 4 is 11.4 Å². The highest BCUT2D eigenvalue weighted by Crippen LogP contribution is 2.29. The molecule has 0 radical (unpaired) electrons. The third-order valence-electron chi connectivity index (χ3n) is 3.18. The zero-order chi connectivity index (χ0) is 15.4. The fraction of sp³-hybridized carbons (Fsp3) is 0.200. The zero-order valence-electron chi connectivity index (χ0n) is 11.7. The maximum Gasteiger partial charge on any atom is 0.273 e. The van der Waals surface area contributed by atoms with Crippen LogP contribution in [0, 0.1) is 22.9 Å². The van der Waals surface area contributed by atoms with Gasteiger partial charge in [0.25, 0.3) is 5.69 Å². The lowest BCUT2D eigenvalue weighted by molar-refractivity contribution is -0.384. The number of benzene rings is 2. The molecule has 6 heteroatoms. The Hall–Kier alpha value is -2.63. The van der Waals surface area contributed by atoms with Crippen LogP contribution in [0.3, 0.4) is 0 Å². The molecule has 5 nitrogen and oxygen atoms in total. The Kier molecular flexibility index (Phi) is 4.37. The number of ether oxygens (including phenoxy) is 1. The summed E-state index contributed by atoms with van der Waals surface area (Å²) in [7, 11) is 1.44. The van der Waals surface area contributed by atoms with E-state index in [1.165, 1.54) is 31.4 Å². The van der Waals surface area contributed by atoms with Gasteiger partial charge in [0.05, 0.1) is 23.8 Å². The van der Waals surface area contributed by atoms with Crippen LogP contribution in [0.5, 0.6) is 5.75 Å². The van der Waals surface area contributed by atoms with E-state index >= 15 is 0 Å². The quantitative estimate of drug-likeness (QED) is 0.674. The van der Waals surface area contributed by atoms with Crippen molar-refractivity contribution in [2.75, 3.05) is 12.4 Å². The largest absolute Gasteiger partial charge is 0.494 e. The average molecular weight is 290 g/mol. The number of hydrogen-bond donors (Lipinski definition) is 1. The van der Waals surface area contributed by atoms with Crippen molar-refractivity contribution in [3.8, 4) is 5.75 Å². The molecule has 21 heavy (non-hydrogen) atoms. The molecule has 0 heterocycles. The van der Waals surface area contributed by atoms with Crippen molar-refractivity contribution in [1.29, 1.82) is 0 Å². The summed E-state index contributed by atoms with van der Waals surface area (Å²) in [6, 6.07) is 8.89. The molecule has 0 fully saturated rings. The number of methoxy groups -OCH3 is 1. The maximum absolute atomic E-state index is 13.2. The molecule has 0 saturated heterocycles. The molecule has 0 aliphatic carbocycles. The molecule has 2 aromatic rings. The number of nitrogens with zero attached hydrogens (tertiary/aromatic N) is 1. The third-order valence-corrected chi connectivity index (χ3v) is 3.18. The van der Waals surface area contributed by atoms with E-state index in [0.29, 0.717) is 18.0 Å². The van der Waals surface area contributed by atoms with Crippen LogP contribution < -0.4 is 10.1 Å². The van der Waals surface area contributed by atoms with Gasteiger partial charge < -0.3 is 10.1 Å². The van der Waals surface area contributed by atoms with Gasteiger partial charge >= 0.3 is 0 Å². The molecule has 2 aromatic carbocycles. The summed E-state index contributed by atoms with van der Waals surface area (Å²) in [5, 5.41) is 13.8. The first-order chi connectivity index (χ1) is 10.0. The molecule has 0 spiro atoms. The van der Waals surface area contributed by atoms with E-state index in [1.807, 2.05) is 6.92 Å². The number of rotatable bonds is 5. The number of aryl methyl sites for hydroxylation is 1. The van der Waals surface area contributed by atoms with Gasteiger partial charge in [0, 0.05) is 12.6 Å². The van der Waals surface area contributed by atoms with Gasteiger partial charge in [-0.25, -0.2) is 4.39 Å². The fourth-order valence-electron chi connectivity index (χ4n) is 1.96. The Morgan fingerprint density at radius 1 is 1.29 bits per heavy atom. The highest BCUT2D eigenvalue weighted by molar-refractivity contribution is 5.61. The normalized spacial score (nSPS) is 10.2. The van der Waals surface area contributed by atoms with Gasteiger partial charge in [-0.05, 0) is 36.2 Å². The number of nitrogens with one attached hydrogen (secondary N) is 1. The lowest BCUT2D eigenvalue weighted by atomic mass is 10.1. The van der Waals surface area contributed by atoms with E-state index in [9.17, 15) is 14.5 Å². The molecule has 110 valence electrons. The number of hydrogen-bond acceptors (Lipinski definition) is 4. The number of nitro groups is 1. The van der Waals surface area contributed by atoms with Crippen molar-refractivity contribution < 1.29 is 14.1 Å². The maximum atomic E-state index is 13.2. The van der Waals surface area contributed by atoms with Crippen molar-refractivity contribution in [2.24, 2.45) is 0 Å². The van der Waals surface area contributed by atoms with Crippen molar-refractivity contribution in [3.63, 3.8) is 0 Å². The van der Waals surface area contributed by atoms with Crippen molar-refractivity contribution in [2.45, 2.75) is 13.5 Å². The Morgan fingerprint density at radius 2 is 2.05 bits per heavy atom. The van der Waals surface area contributed by atoms with Crippen LogP contribution >= 0.6 is 0 Å². The first-order valence-corrected chi connectivity index (χ1v) is 6.32. The molecule has 0 saturated carbocycles. The number of anilines is 1. The Balaban J connectivity index is 2.19. The summed E-state index contributed by atoms with van der Waals surface area (Å²) < 4.78 is 18.4. The van der Waals surface area contributed by atoms with Crippen LogP contribution in [0.2, 0.25) is 0 Å². The van der Waals surface area contributed by atoms with Crippen molar-refractivity contribution in [1.82, 2.24) is 0 Å². The van der Waals surface area contributed by atoms with Crippen LogP contribution in [-0.2, 0) is 6.54 Å². The SMILES string of the molecule is COc1cc([N+](=O)[O-])ccc1NCc1cc(F)ccc1C. The molecular weight excluding hydrogens is 275 g/mol. The second-order valence-electron chi connectivity index (χ2n) is 4.57. The van der Waals surface area contributed by atoms with Crippen LogP contribution in [0.25, 0.3) is 0 Å².